The summed E-state index contributed by atoms with van der Waals surface area (Å²) in [4.78, 5) is 26.1. The molecule has 0 aliphatic rings. The van der Waals surface area contributed by atoms with Crippen molar-refractivity contribution in [2.24, 2.45) is 0 Å². The molecule has 0 saturated carbocycles. The van der Waals surface area contributed by atoms with E-state index in [4.69, 9.17) is 4.74 Å². The lowest BCUT2D eigenvalue weighted by molar-refractivity contribution is -0.151. The van der Waals surface area contributed by atoms with Gasteiger partial charge in [-0.2, -0.15) is 0 Å². The highest BCUT2D eigenvalue weighted by Gasteiger charge is 2.24. The number of carbonyl (C=O) groups excluding carboxylic acids is 2. The van der Waals surface area contributed by atoms with E-state index in [1.807, 2.05) is 0 Å². The molecule has 0 heterocycles. The maximum Gasteiger partial charge on any atom is 0.306 e. The SMILES string of the molecule is CCCCCCCCC/C=C/C=C/CCCCCC(=O)OC(CCCCC/C=C/CCCCCCCCCCC)CC(=O)NC(CO)C(O)CCCCCCCCCCCC. The number of amides is 1. The van der Waals surface area contributed by atoms with E-state index in [-0.39, 0.29) is 24.9 Å². The van der Waals surface area contributed by atoms with Crippen LogP contribution < -0.4 is 5.32 Å². The van der Waals surface area contributed by atoms with E-state index >= 15 is 0 Å². The van der Waals surface area contributed by atoms with Crippen LogP contribution in [-0.2, 0) is 14.3 Å². The molecule has 0 saturated heterocycles. The van der Waals surface area contributed by atoms with Crippen molar-refractivity contribution in [1.82, 2.24) is 5.32 Å². The average molecular weight is 858 g/mol. The van der Waals surface area contributed by atoms with Crippen molar-refractivity contribution in [1.29, 1.82) is 0 Å². The third-order valence-electron chi connectivity index (χ3n) is 12.2. The first-order valence-electron chi connectivity index (χ1n) is 26.7. The highest BCUT2D eigenvalue weighted by Crippen LogP contribution is 2.17. The molecule has 0 aromatic heterocycles. The normalized spacial score (nSPS) is 13.5. The molecule has 6 heteroatoms. The summed E-state index contributed by atoms with van der Waals surface area (Å²) in [5.41, 5.74) is 0. The van der Waals surface area contributed by atoms with E-state index < -0.39 is 18.2 Å². The minimum Gasteiger partial charge on any atom is -0.462 e. The quantitative estimate of drug-likeness (QED) is 0.0245. The molecule has 0 aromatic rings. The molecule has 3 atom stereocenters. The van der Waals surface area contributed by atoms with Crippen molar-refractivity contribution >= 4 is 11.9 Å². The second kappa shape index (κ2) is 49.1. The average Bonchev–Trinajstić information content (AvgIpc) is 3.25. The number of ether oxygens (including phenoxy) is 1. The highest BCUT2D eigenvalue weighted by molar-refractivity contribution is 5.77. The van der Waals surface area contributed by atoms with Gasteiger partial charge in [-0.05, 0) is 77.0 Å². The maximum atomic E-state index is 13.2. The van der Waals surface area contributed by atoms with Gasteiger partial charge in [0.05, 0.1) is 25.2 Å². The predicted molar refractivity (Wildman–Crippen MR) is 264 cm³/mol. The molecule has 0 spiro atoms. The highest BCUT2D eigenvalue weighted by atomic mass is 16.5. The zero-order valence-electron chi connectivity index (χ0n) is 40.8. The van der Waals surface area contributed by atoms with E-state index in [1.165, 1.54) is 154 Å². The Balaban J connectivity index is 4.63. The summed E-state index contributed by atoms with van der Waals surface area (Å²) in [6.45, 7) is 6.47. The monoisotopic (exact) mass is 858 g/mol. The number of rotatable bonds is 48. The molecule has 0 aromatic carbocycles. The van der Waals surface area contributed by atoms with E-state index in [0.29, 0.717) is 19.3 Å². The van der Waals surface area contributed by atoms with Gasteiger partial charge in [-0.25, -0.2) is 0 Å². The number of allylic oxidation sites excluding steroid dienone is 6. The Morgan fingerprint density at radius 1 is 0.475 bits per heavy atom. The molecule has 0 rings (SSSR count). The van der Waals surface area contributed by atoms with E-state index in [9.17, 15) is 19.8 Å². The number of unbranched alkanes of at least 4 members (excludes halogenated alkanes) is 31. The first-order chi connectivity index (χ1) is 30.0. The molecule has 3 unspecified atom stereocenters. The van der Waals surface area contributed by atoms with Crippen LogP contribution in [0.3, 0.4) is 0 Å². The number of hydrogen-bond acceptors (Lipinski definition) is 5. The summed E-state index contributed by atoms with van der Waals surface area (Å²) in [5, 5.41) is 23.7. The van der Waals surface area contributed by atoms with Gasteiger partial charge >= 0.3 is 5.97 Å². The predicted octanol–water partition coefficient (Wildman–Crippen LogP) is 16.1. The van der Waals surface area contributed by atoms with Gasteiger partial charge in [-0.15, -0.1) is 0 Å². The zero-order chi connectivity index (χ0) is 44.5. The van der Waals surface area contributed by atoms with Crippen LogP contribution in [0.25, 0.3) is 0 Å². The molecule has 0 radical (unpaired) electrons. The van der Waals surface area contributed by atoms with Gasteiger partial charge in [-0.1, -0.05) is 224 Å². The Labute approximate surface area is 379 Å². The third kappa shape index (κ3) is 44.5. The van der Waals surface area contributed by atoms with Crippen molar-refractivity contribution < 1.29 is 24.5 Å². The minimum absolute atomic E-state index is 0.0587. The number of aliphatic hydroxyl groups excluding tert-OH is 2. The number of nitrogens with one attached hydrogen (secondary N) is 1. The van der Waals surface area contributed by atoms with Crippen LogP contribution in [0.1, 0.15) is 278 Å². The van der Waals surface area contributed by atoms with Crippen LogP contribution in [0.4, 0.5) is 0 Å². The zero-order valence-corrected chi connectivity index (χ0v) is 40.8. The molecular formula is C55H103NO5. The summed E-state index contributed by atoms with van der Waals surface area (Å²) in [6, 6.07) is -0.709. The topological polar surface area (TPSA) is 95.9 Å². The van der Waals surface area contributed by atoms with Gasteiger partial charge in [0.1, 0.15) is 6.10 Å². The molecule has 358 valence electrons. The molecule has 3 N–H and O–H groups in total. The molecule has 0 fully saturated rings. The van der Waals surface area contributed by atoms with Crippen molar-refractivity contribution in [3.05, 3.63) is 36.5 Å². The maximum absolute atomic E-state index is 13.2. The lowest BCUT2D eigenvalue weighted by Crippen LogP contribution is -2.46. The lowest BCUT2D eigenvalue weighted by Gasteiger charge is -2.24. The van der Waals surface area contributed by atoms with E-state index in [2.05, 4.69) is 62.5 Å². The van der Waals surface area contributed by atoms with Crippen molar-refractivity contribution in [2.45, 2.75) is 296 Å². The van der Waals surface area contributed by atoms with Gasteiger partial charge < -0.3 is 20.3 Å². The third-order valence-corrected chi connectivity index (χ3v) is 12.2. The van der Waals surface area contributed by atoms with Crippen molar-refractivity contribution in [3.8, 4) is 0 Å². The Bertz CT molecular complexity index is 1010. The van der Waals surface area contributed by atoms with Gasteiger partial charge in [0.25, 0.3) is 0 Å². The number of hydrogen-bond donors (Lipinski definition) is 3. The van der Waals surface area contributed by atoms with Crippen molar-refractivity contribution in [2.75, 3.05) is 6.61 Å². The van der Waals surface area contributed by atoms with Crippen LogP contribution in [0, 0.1) is 0 Å². The summed E-state index contributed by atoms with van der Waals surface area (Å²) >= 11 is 0. The number of carbonyl (C=O) groups is 2. The van der Waals surface area contributed by atoms with Crippen LogP contribution in [-0.4, -0.2) is 46.9 Å². The van der Waals surface area contributed by atoms with Crippen LogP contribution in [0.15, 0.2) is 36.5 Å². The summed E-state index contributed by atoms with van der Waals surface area (Å²) in [6.07, 6.45) is 57.8. The second-order valence-corrected chi connectivity index (χ2v) is 18.3. The Hall–Kier alpha value is -1.92. The first-order valence-corrected chi connectivity index (χ1v) is 26.7. The minimum atomic E-state index is -0.793. The van der Waals surface area contributed by atoms with Crippen molar-refractivity contribution in [3.63, 3.8) is 0 Å². The largest absolute Gasteiger partial charge is 0.462 e. The summed E-state index contributed by atoms with van der Waals surface area (Å²) < 4.78 is 5.92. The summed E-state index contributed by atoms with van der Waals surface area (Å²) in [5.74, 6) is -0.512. The van der Waals surface area contributed by atoms with Gasteiger partial charge in [0.2, 0.25) is 5.91 Å². The molecule has 0 bridgehead atoms. The van der Waals surface area contributed by atoms with Crippen LogP contribution in [0.2, 0.25) is 0 Å². The first kappa shape index (κ1) is 59.1. The fourth-order valence-corrected chi connectivity index (χ4v) is 8.12. The Morgan fingerprint density at radius 3 is 1.28 bits per heavy atom. The number of esters is 1. The molecular weight excluding hydrogens is 755 g/mol. The molecule has 0 aliphatic carbocycles. The molecule has 61 heavy (non-hydrogen) atoms. The fourth-order valence-electron chi connectivity index (χ4n) is 8.12. The standard InChI is InChI=1S/C55H103NO5/c1-4-7-10-13-16-19-22-24-26-28-30-32-34-37-40-43-46-51(49-54(59)56-52(50-57)53(58)47-44-41-38-35-21-18-15-12-9-6-3)61-55(60)48-45-42-39-36-33-31-29-27-25-23-20-17-14-11-8-5-2/h27,29-33,51-53,57-58H,4-26,28,34-50H2,1-3H3,(H,56,59)/b29-27+,32-30+,33-31+. The van der Waals surface area contributed by atoms with Crippen LogP contribution in [0.5, 0.6) is 0 Å². The van der Waals surface area contributed by atoms with E-state index in [1.54, 1.807) is 0 Å². The smallest absolute Gasteiger partial charge is 0.306 e. The summed E-state index contributed by atoms with van der Waals surface area (Å²) in [7, 11) is 0. The lowest BCUT2D eigenvalue weighted by atomic mass is 10.0. The van der Waals surface area contributed by atoms with Gasteiger partial charge in [0.15, 0.2) is 0 Å². The molecule has 0 aliphatic heterocycles. The van der Waals surface area contributed by atoms with Crippen LogP contribution >= 0.6 is 0 Å². The Kier molecular flexibility index (Phi) is 47.6. The second-order valence-electron chi connectivity index (χ2n) is 18.3. The molecule has 6 nitrogen and oxygen atoms in total. The number of aliphatic hydroxyl groups is 2. The fraction of sp³-hybridized carbons (Fsp3) is 0.855. The van der Waals surface area contributed by atoms with Gasteiger partial charge in [0, 0.05) is 6.42 Å². The Morgan fingerprint density at radius 2 is 0.836 bits per heavy atom. The van der Waals surface area contributed by atoms with Gasteiger partial charge in [-0.3, -0.25) is 9.59 Å². The van der Waals surface area contributed by atoms with E-state index in [0.717, 1.165) is 77.0 Å². The molecule has 1 amide bonds.